The van der Waals surface area contributed by atoms with Crippen molar-refractivity contribution in [3.8, 4) is 0 Å². The summed E-state index contributed by atoms with van der Waals surface area (Å²) in [5.74, 6) is 11.0. The third-order valence-electron chi connectivity index (χ3n) is 3.02. The van der Waals surface area contributed by atoms with Crippen LogP contribution in [0.1, 0.15) is 0 Å². The first kappa shape index (κ1) is 17.6. The Labute approximate surface area is 156 Å². The molecule has 0 saturated carbocycles. The Morgan fingerprint density at radius 1 is 0.500 bits per heavy atom. The van der Waals surface area contributed by atoms with Gasteiger partial charge in [-0.2, -0.15) is 47.0 Å². The summed E-state index contributed by atoms with van der Waals surface area (Å²) < 4.78 is 0. The predicted molar refractivity (Wildman–Crippen MR) is 115 cm³/mol. The lowest BCUT2D eigenvalue weighted by atomic mass is 10.5. The first-order valence-electron chi connectivity index (χ1n) is 6.85. The molecule has 0 bridgehead atoms. The van der Waals surface area contributed by atoms with Gasteiger partial charge in [-0.15, -0.1) is 0 Å². The van der Waals surface area contributed by atoms with Crippen molar-refractivity contribution in [1.29, 1.82) is 0 Å². The molecule has 0 amide bonds. The minimum atomic E-state index is 0.904. The number of thioether (sulfide) groups is 4. The molecule has 3 rings (SSSR count). The molecule has 8 heteroatoms. The van der Waals surface area contributed by atoms with E-state index in [-0.39, 0.29) is 0 Å². The molecule has 0 spiro atoms. The molecular weight excluding hydrogens is 401 g/mol. The van der Waals surface area contributed by atoms with Crippen molar-refractivity contribution in [1.82, 2.24) is 0 Å². The van der Waals surface area contributed by atoms with Crippen molar-refractivity contribution < 1.29 is 0 Å². The van der Waals surface area contributed by atoms with Crippen LogP contribution in [0.25, 0.3) is 0 Å². The lowest BCUT2D eigenvalue weighted by Crippen LogP contribution is -2.24. The third kappa shape index (κ3) is 7.58. The maximum atomic E-state index is 2.24. The molecule has 0 aliphatic carbocycles. The van der Waals surface area contributed by atoms with Crippen molar-refractivity contribution in [2.75, 3.05) is 46.0 Å². The molecular formula is C12H20S8. The summed E-state index contributed by atoms with van der Waals surface area (Å²) in [5.41, 5.74) is 0. The van der Waals surface area contributed by atoms with Gasteiger partial charge >= 0.3 is 0 Å². The molecule has 3 aliphatic rings. The van der Waals surface area contributed by atoms with Crippen LogP contribution in [0.3, 0.4) is 0 Å². The highest BCUT2D eigenvalue weighted by molar-refractivity contribution is 8.77. The Morgan fingerprint density at radius 3 is 0.950 bits per heavy atom. The summed E-state index contributed by atoms with van der Waals surface area (Å²) in [6.45, 7) is 0. The summed E-state index contributed by atoms with van der Waals surface area (Å²) in [5, 5.41) is 3.80. The standard InChI is InChI=1S/C12H20S8/c1-9(13-1)5-17-19-7-11-3-16-12(4-15-11)8-20-18-6-10-2-14-10/h9-12H,1-8H2. The highest BCUT2D eigenvalue weighted by Gasteiger charge is 2.25. The van der Waals surface area contributed by atoms with E-state index in [0.717, 1.165) is 21.0 Å². The molecule has 0 aromatic rings. The van der Waals surface area contributed by atoms with Gasteiger partial charge in [-0.25, -0.2) is 0 Å². The highest BCUT2D eigenvalue weighted by Crippen LogP contribution is 2.41. The zero-order valence-electron chi connectivity index (χ0n) is 11.2. The van der Waals surface area contributed by atoms with Crippen LogP contribution >= 0.6 is 90.2 Å². The number of hydrogen-bond acceptors (Lipinski definition) is 8. The van der Waals surface area contributed by atoms with Crippen molar-refractivity contribution in [3.63, 3.8) is 0 Å². The smallest absolute Gasteiger partial charge is 0.0237 e. The van der Waals surface area contributed by atoms with Crippen LogP contribution < -0.4 is 0 Å². The fraction of sp³-hybridized carbons (Fsp3) is 1.00. The van der Waals surface area contributed by atoms with Crippen molar-refractivity contribution >= 4 is 90.2 Å². The zero-order valence-corrected chi connectivity index (χ0v) is 17.8. The molecule has 0 N–H and O–H groups in total. The summed E-state index contributed by atoms with van der Waals surface area (Å²) in [4.78, 5) is 0. The molecule has 3 fully saturated rings. The van der Waals surface area contributed by atoms with Gasteiger partial charge in [0, 0.05) is 67.0 Å². The summed E-state index contributed by atoms with van der Waals surface area (Å²) in [6.07, 6.45) is 0. The first-order chi connectivity index (χ1) is 9.90. The van der Waals surface area contributed by atoms with Gasteiger partial charge < -0.3 is 0 Å². The van der Waals surface area contributed by atoms with E-state index in [1.54, 1.807) is 0 Å². The molecule has 0 radical (unpaired) electrons. The van der Waals surface area contributed by atoms with Crippen LogP contribution in [-0.2, 0) is 0 Å². The molecule has 0 aromatic carbocycles. The summed E-state index contributed by atoms with van der Waals surface area (Å²) >= 11 is 8.71. The molecule has 4 unspecified atom stereocenters. The monoisotopic (exact) mass is 420 g/mol. The van der Waals surface area contributed by atoms with Gasteiger partial charge in [-0.3, -0.25) is 0 Å². The van der Waals surface area contributed by atoms with Gasteiger partial charge in [0.2, 0.25) is 0 Å². The van der Waals surface area contributed by atoms with Crippen molar-refractivity contribution in [3.05, 3.63) is 0 Å². The maximum absolute atomic E-state index is 2.24. The van der Waals surface area contributed by atoms with Crippen LogP contribution in [0.5, 0.6) is 0 Å². The Balaban J connectivity index is 1.15. The second-order valence-corrected chi connectivity index (χ2v) is 15.4. The molecule has 3 aliphatic heterocycles. The Hall–Kier alpha value is 2.80. The molecule has 20 heavy (non-hydrogen) atoms. The van der Waals surface area contributed by atoms with E-state index in [4.69, 9.17) is 0 Å². The van der Waals surface area contributed by atoms with Gasteiger partial charge in [0.1, 0.15) is 0 Å². The van der Waals surface area contributed by atoms with Crippen molar-refractivity contribution in [2.24, 2.45) is 0 Å². The number of hydrogen-bond donors (Lipinski definition) is 0. The predicted octanol–water partition coefficient (Wildman–Crippen LogP) is 5.20. The van der Waals surface area contributed by atoms with E-state index in [0.29, 0.717) is 0 Å². The SMILES string of the molecule is C(SSCC1CSC(CSSCC2CS2)CS1)C1CS1. The van der Waals surface area contributed by atoms with Gasteiger partial charge in [-0.05, 0) is 0 Å². The molecule has 3 saturated heterocycles. The minimum Gasteiger partial charge on any atom is -0.156 e. The maximum Gasteiger partial charge on any atom is 0.0237 e. The molecule has 4 atom stereocenters. The highest BCUT2D eigenvalue weighted by atomic mass is 33.1. The normalized spacial score (nSPS) is 36.0. The lowest BCUT2D eigenvalue weighted by molar-refractivity contribution is 1.06. The molecule has 116 valence electrons. The van der Waals surface area contributed by atoms with Crippen LogP contribution in [0.2, 0.25) is 0 Å². The Kier molecular flexibility index (Phi) is 8.76. The summed E-state index contributed by atoms with van der Waals surface area (Å²) in [6, 6.07) is 0. The average Bonchev–Trinajstić information content (AvgIpc) is 3.36. The van der Waals surface area contributed by atoms with E-state index >= 15 is 0 Å². The zero-order chi connectivity index (χ0) is 13.6. The number of rotatable bonds is 10. The van der Waals surface area contributed by atoms with Crippen LogP contribution in [0, 0.1) is 0 Å². The van der Waals surface area contributed by atoms with E-state index in [1.165, 1.54) is 46.0 Å². The van der Waals surface area contributed by atoms with Gasteiger partial charge in [0.15, 0.2) is 0 Å². The average molecular weight is 421 g/mol. The fourth-order valence-electron chi connectivity index (χ4n) is 1.60. The minimum absolute atomic E-state index is 0.904. The quantitative estimate of drug-likeness (QED) is 0.265. The van der Waals surface area contributed by atoms with Crippen molar-refractivity contribution in [2.45, 2.75) is 21.0 Å². The lowest BCUT2D eigenvalue weighted by Gasteiger charge is -2.27. The van der Waals surface area contributed by atoms with E-state index < -0.39 is 0 Å². The second-order valence-electron chi connectivity index (χ2n) is 4.96. The van der Waals surface area contributed by atoms with E-state index in [9.17, 15) is 0 Å². The molecule has 0 nitrogen and oxygen atoms in total. The second kappa shape index (κ2) is 9.94. The van der Waals surface area contributed by atoms with Crippen LogP contribution in [-0.4, -0.2) is 67.0 Å². The summed E-state index contributed by atoms with van der Waals surface area (Å²) in [7, 11) is 8.45. The van der Waals surface area contributed by atoms with E-state index in [2.05, 4.69) is 90.2 Å². The molecule has 0 aromatic heterocycles. The molecule has 3 heterocycles. The van der Waals surface area contributed by atoms with Crippen LogP contribution in [0.15, 0.2) is 0 Å². The van der Waals surface area contributed by atoms with E-state index in [1.807, 2.05) is 0 Å². The topological polar surface area (TPSA) is 0 Å². The van der Waals surface area contributed by atoms with Gasteiger partial charge in [0.25, 0.3) is 0 Å². The Morgan fingerprint density at radius 2 is 0.750 bits per heavy atom. The Bertz CT molecular complexity index is 245. The largest absolute Gasteiger partial charge is 0.156 e. The van der Waals surface area contributed by atoms with Gasteiger partial charge in [-0.1, -0.05) is 43.2 Å². The fourth-order valence-corrected chi connectivity index (χ4v) is 13.1. The third-order valence-corrected chi connectivity index (χ3v) is 14.2. The first-order valence-corrected chi connectivity index (χ1v) is 16.0. The van der Waals surface area contributed by atoms with Gasteiger partial charge in [0.05, 0.1) is 0 Å². The van der Waals surface area contributed by atoms with Crippen LogP contribution in [0.4, 0.5) is 0 Å².